The lowest BCUT2D eigenvalue weighted by molar-refractivity contribution is -0.129. The average Bonchev–Trinajstić information content (AvgIpc) is 2.79. The predicted octanol–water partition coefficient (Wildman–Crippen LogP) is 1.88. The predicted molar refractivity (Wildman–Crippen MR) is 88.2 cm³/mol. The highest BCUT2D eigenvalue weighted by Crippen LogP contribution is 2.18. The summed E-state index contributed by atoms with van der Waals surface area (Å²) >= 11 is 0. The Morgan fingerprint density at radius 3 is 2.68 bits per heavy atom. The summed E-state index contributed by atoms with van der Waals surface area (Å²) in [6.45, 7) is 4.53. The van der Waals surface area contributed by atoms with Crippen LogP contribution in [0.5, 0.6) is 0 Å². The van der Waals surface area contributed by atoms with Gasteiger partial charge in [0.25, 0.3) is 0 Å². The van der Waals surface area contributed by atoms with Gasteiger partial charge in [0.1, 0.15) is 0 Å². The van der Waals surface area contributed by atoms with Crippen LogP contribution in [0.25, 0.3) is 0 Å². The number of urea groups is 1. The Labute approximate surface area is 131 Å². The van der Waals surface area contributed by atoms with Crippen LogP contribution in [-0.2, 0) is 4.79 Å². The van der Waals surface area contributed by atoms with Crippen molar-refractivity contribution < 1.29 is 9.59 Å². The number of carbonyl (C=O) groups is 2. The third-order valence-electron chi connectivity index (χ3n) is 3.74. The molecule has 1 aliphatic rings. The number of benzene rings is 1. The summed E-state index contributed by atoms with van der Waals surface area (Å²) < 4.78 is 0. The molecule has 0 radical (unpaired) electrons. The van der Waals surface area contributed by atoms with E-state index in [1.165, 1.54) is 0 Å². The summed E-state index contributed by atoms with van der Waals surface area (Å²) in [6.07, 6.45) is 0.364. The molecule has 0 aromatic heterocycles. The highest BCUT2D eigenvalue weighted by Gasteiger charge is 2.31. The molecular formula is C16H24N4O2. The number of rotatable bonds is 4. The second-order valence-electron chi connectivity index (χ2n) is 6.08. The van der Waals surface area contributed by atoms with Gasteiger partial charge in [-0.3, -0.25) is 4.79 Å². The van der Waals surface area contributed by atoms with Gasteiger partial charge in [-0.25, -0.2) is 4.79 Å². The molecule has 1 aliphatic heterocycles. The summed E-state index contributed by atoms with van der Waals surface area (Å²) in [5.41, 5.74) is 1.74. The van der Waals surface area contributed by atoms with Crippen molar-refractivity contribution in [3.63, 3.8) is 0 Å². The fraction of sp³-hybridized carbons (Fsp3) is 0.500. The van der Waals surface area contributed by atoms with Gasteiger partial charge in [0.15, 0.2) is 0 Å². The number of amides is 3. The molecule has 0 aliphatic carbocycles. The summed E-state index contributed by atoms with van der Waals surface area (Å²) in [4.78, 5) is 27.7. The lowest BCUT2D eigenvalue weighted by atomic mass is 10.2. The van der Waals surface area contributed by atoms with Crippen molar-refractivity contribution in [1.82, 2.24) is 10.2 Å². The molecule has 1 atom stereocenters. The third kappa shape index (κ3) is 3.90. The molecule has 1 aromatic carbocycles. The summed E-state index contributed by atoms with van der Waals surface area (Å²) in [5, 5.41) is 5.68. The molecule has 1 aromatic rings. The highest BCUT2D eigenvalue weighted by molar-refractivity contribution is 5.91. The SMILES string of the molecule is CC(C)N1CC(NC(=O)Nc2cccc(N(C)C)c2)CC1=O. The number of nitrogens with zero attached hydrogens (tertiary/aromatic N) is 2. The van der Waals surface area contributed by atoms with E-state index in [9.17, 15) is 9.59 Å². The maximum Gasteiger partial charge on any atom is 0.319 e. The van der Waals surface area contributed by atoms with Gasteiger partial charge in [0.05, 0.1) is 6.04 Å². The molecule has 2 N–H and O–H groups in total. The van der Waals surface area contributed by atoms with Crippen LogP contribution in [0.4, 0.5) is 16.2 Å². The van der Waals surface area contributed by atoms with E-state index in [2.05, 4.69) is 10.6 Å². The maximum atomic E-state index is 12.1. The average molecular weight is 304 g/mol. The monoisotopic (exact) mass is 304 g/mol. The van der Waals surface area contributed by atoms with Crippen LogP contribution in [0, 0.1) is 0 Å². The van der Waals surface area contributed by atoms with Crippen molar-refractivity contribution in [3.05, 3.63) is 24.3 Å². The van der Waals surface area contributed by atoms with Gasteiger partial charge in [-0.05, 0) is 32.0 Å². The maximum absolute atomic E-state index is 12.1. The molecule has 1 unspecified atom stereocenters. The normalized spacial score (nSPS) is 17.8. The Morgan fingerprint density at radius 1 is 1.36 bits per heavy atom. The Morgan fingerprint density at radius 2 is 2.09 bits per heavy atom. The van der Waals surface area contributed by atoms with Crippen molar-refractivity contribution >= 4 is 23.3 Å². The molecule has 2 rings (SSSR count). The molecule has 0 spiro atoms. The van der Waals surface area contributed by atoms with E-state index in [4.69, 9.17) is 0 Å². The first-order chi connectivity index (χ1) is 10.4. The smallest absolute Gasteiger partial charge is 0.319 e. The van der Waals surface area contributed by atoms with E-state index >= 15 is 0 Å². The van der Waals surface area contributed by atoms with Gasteiger partial charge in [-0.1, -0.05) is 6.07 Å². The van der Waals surface area contributed by atoms with E-state index in [1.54, 1.807) is 4.90 Å². The summed E-state index contributed by atoms with van der Waals surface area (Å²) in [5.74, 6) is 0.0925. The molecule has 6 nitrogen and oxygen atoms in total. The van der Waals surface area contributed by atoms with Gasteiger partial charge in [0.2, 0.25) is 5.91 Å². The standard InChI is InChI=1S/C16H24N4O2/c1-11(2)20-10-13(9-15(20)21)18-16(22)17-12-6-5-7-14(8-12)19(3)4/h5-8,11,13H,9-10H2,1-4H3,(H2,17,18,22). The van der Waals surface area contributed by atoms with Gasteiger partial charge in [-0.2, -0.15) is 0 Å². The Bertz CT molecular complexity index is 557. The van der Waals surface area contributed by atoms with Crippen molar-refractivity contribution in [2.24, 2.45) is 0 Å². The van der Waals surface area contributed by atoms with E-state index in [-0.39, 0.29) is 24.0 Å². The first-order valence-electron chi connectivity index (χ1n) is 7.51. The molecular weight excluding hydrogens is 280 g/mol. The van der Waals surface area contributed by atoms with Gasteiger partial charge >= 0.3 is 6.03 Å². The van der Waals surface area contributed by atoms with E-state index in [0.717, 1.165) is 11.4 Å². The number of nitrogens with one attached hydrogen (secondary N) is 2. The molecule has 120 valence electrons. The first-order valence-corrected chi connectivity index (χ1v) is 7.51. The molecule has 6 heteroatoms. The summed E-state index contributed by atoms with van der Waals surface area (Å²) in [6, 6.07) is 7.36. The zero-order valence-electron chi connectivity index (χ0n) is 13.6. The number of carbonyl (C=O) groups excluding carboxylic acids is 2. The fourth-order valence-corrected chi connectivity index (χ4v) is 2.54. The van der Waals surface area contributed by atoms with Gasteiger partial charge < -0.3 is 20.4 Å². The molecule has 0 bridgehead atoms. The number of likely N-dealkylation sites (tertiary alicyclic amines) is 1. The van der Waals surface area contributed by atoms with Crippen LogP contribution in [0.1, 0.15) is 20.3 Å². The topological polar surface area (TPSA) is 64.7 Å². The minimum atomic E-state index is -0.278. The largest absolute Gasteiger partial charge is 0.378 e. The fourth-order valence-electron chi connectivity index (χ4n) is 2.54. The van der Waals surface area contributed by atoms with Crippen LogP contribution >= 0.6 is 0 Å². The zero-order valence-corrected chi connectivity index (χ0v) is 13.6. The minimum Gasteiger partial charge on any atom is -0.378 e. The van der Waals surface area contributed by atoms with E-state index in [0.29, 0.717) is 13.0 Å². The Kier molecular flexibility index (Phi) is 4.90. The van der Waals surface area contributed by atoms with Crippen molar-refractivity contribution in [2.45, 2.75) is 32.4 Å². The molecule has 1 saturated heterocycles. The minimum absolute atomic E-state index is 0.0925. The molecule has 1 fully saturated rings. The second-order valence-corrected chi connectivity index (χ2v) is 6.08. The van der Waals surface area contributed by atoms with Gasteiger partial charge in [-0.15, -0.1) is 0 Å². The molecule has 0 saturated carbocycles. The van der Waals surface area contributed by atoms with Crippen molar-refractivity contribution in [1.29, 1.82) is 0 Å². The van der Waals surface area contributed by atoms with E-state index in [1.807, 2.05) is 57.1 Å². The lowest BCUT2D eigenvalue weighted by Crippen LogP contribution is -2.40. The Balaban J connectivity index is 1.91. The molecule has 1 heterocycles. The number of anilines is 2. The van der Waals surface area contributed by atoms with Crippen LogP contribution < -0.4 is 15.5 Å². The number of hydrogen-bond donors (Lipinski definition) is 2. The zero-order chi connectivity index (χ0) is 16.3. The van der Waals surface area contributed by atoms with Gasteiger partial charge in [0, 0.05) is 44.5 Å². The quantitative estimate of drug-likeness (QED) is 0.893. The van der Waals surface area contributed by atoms with Crippen molar-refractivity contribution in [2.75, 3.05) is 30.9 Å². The second kappa shape index (κ2) is 6.68. The third-order valence-corrected chi connectivity index (χ3v) is 3.74. The Hall–Kier alpha value is -2.24. The lowest BCUT2D eigenvalue weighted by Gasteiger charge is -2.21. The van der Waals surface area contributed by atoms with Crippen LogP contribution in [0.15, 0.2) is 24.3 Å². The van der Waals surface area contributed by atoms with E-state index < -0.39 is 0 Å². The van der Waals surface area contributed by atoms with Crippen LogP contribution in [0.2, 0.25) is 0 Å². The van der Waals surface area contributed by atoms with Crippen LogP contribution in [0.3, 0.4) is 0 Å². The molecule has 3 amide bonds. The number of hydrogen-bond acceptors (Lipinski definition) is 3. The molecule has 22 heavy (non-hydrogen) atoms. The first kappa shape index (κ1) is 16.1. The van der Waals surface area contributed by atoms with Crippen molar-refractivity contribution in [3.8, 4) is 0 Å². The highest BCUT2D eigenvalue weighted by atomic mass is 16.2. The summed E-state index contributed by atoms with van der Waals surface area (Å²) in [7, 11) is 3.90. The van der Waals surface area contributed by atoms with Crippen LogP contribution in [-0.4, -0.2) is 49.6 Å².